The normalized spacial score (nSPS) is 11.0. The molecule has 0 bridgehead atoms. The number of benzene rings is 3. The molecule has 136 valence electrons. The van der Waals surface area contributed by atoms with Gasteiger partial charge in [-0.25, -0.2) is 4.98 Å². The Morgan fingerprint density at radius 2 is 1.59 bits per heavy atom. The average Bonchev–Trinajstić information content (AvgIpc) is 3.18. The van der Waals surface area contributed by atoms with Crippen LogP contribution in [0.15, 0.2) is 53.3 Å². The third kappa shape index (κ3) is 2.66. The van der Waals surface area contributed by atoms with Crippen LogP contribution in [-0.2, 0) is 0 Å². The van der Waals surface area contributed by atoms with Crippen LogP contribution in [0.1, 0.15) is 11.1 Å². The van der Waals surface area contributed by atoms with Crippen LogP contribution in [-0.4, -0.2) is 15.0 Å². The molecule has 0 aliphatic carbocycles. The monoisotopic (exact) mass is 457 g/mol. The molecule has 0 atom stereocenters. The molecule has 29 heavy (non-hydrogen) atoms. The van der Waals surface area contributed by atoms with Crippen molar-refractivity contribution in [3.05, 3.63) is 69.4 Å². The van der Waals surface area contributed by atoms with Crippen molar-refractivity contribution < 1.29 is 0 Å². The van der Waals surface area contributed by atoms with Crippen LogP contribution in [0.3, 0.4) is 0 Å². The van der Waals surface area contributed by atoms with E-state index in [-0.39, 0.29) is 0 Å². The van der Waals surface area contributed by atoms with Crippen molar-refractivity contribution in [3.8, 4) is 23.5 Å². The number of aromatic amines is 1. The van der Waals surface area contributed by atoms with Crippen LogP contribution in [0.25, 0.3) is 44.0 Å². The maximum Gasteiger partial charge on any atom is 0.141 e. The summed E-state index contributed by atoms with van der Waals surface area (Å²) >= 11 is 9.81. The highest BCUT2D eigenvalue weighted by molar-refractivity contribution is 9.10. The molecule has 0 unspecified atom stereocenters. The molecule has 0 saturated heterocycles. The van der Waals surface area contributed by atoms with E-state index in [1.54, 1.807) is 0 Å². The van der Waals surface area contributed by atoms with Crippen molar-refractivity contribution in [2.24, 2.45) is 0 Å². The van der Waals surface area contributed by atoms with Crippen LogP contribution in [0.4, 0.5) is 0 Å². The third-order valence-corrected chi connectivity index (χ3v) is 5.63. The fourth-order valence-corrected chi connectivity index (χ4v) is 4.20. The van der Waals surface area contributed by atoms with Gasteiger partial charge in [-0.2, -0.15) is 10.5 Å². The zero-order valence-corrected chi connectivity index (χ0v) is 17.0. The van der Waals surface area contributed by atoms with E-state index in [0.29, 0.717) is 27.5 Å². The lowest BCUT2D eigenvalue weighted by atomic mass is 10.00. The number of hydrogen-bond donors (Lipinski definition) is 1. The Labute approximate surface area is 178 Å². The summed E-state index contributed by atoms with van der Waals surface area (Å²) in [7, 11) is 0. The lowest BCUT2D eigenvalue weighted by Gasteiger charge is -2.07. The maximum atomic E-state index is 9.52. The Kier molecular flexibility index (Phi) is 3.99. The predicted molar refractivity (Wildman–Crippen MR) is 116 cm³/mol. The van der Waals surface area contributed by atoms with Crippen molar-refractivity contribution in [1.82, 2.24) is 15.0 Å². The minimum absolute atomic E-state index is 0.294. The number of hydrogen-bond acceptors (Lipinski definition) is 4. The van der Waals surface area contributed by atoms with E-state index in [1.807, 2.05) is 36.4 Å². The molecule has 5 nitrogen and oxygen atoms in total. The first-order chi connectivity index (χ1) is 14.1. The number of nitrogens with zero attached hydrogens (tertiary/aromatic N) is 4. The van der Waals surface area contributed by atoms with Gasteiger partial charge in [0, 0.05) is 32.7 Å². The van der Waals surface area contributed by atoms with Gasteiger partial charge in [0.25, 0.3) is 0 Å². The summed E-state index contributed by atoms with van der Waals surface area (Å²) in [6.45, 7) is 0. The van der Waals surface area contributed by atoms with Gasteiger partial charge in [-0.1, -0.05) is 39.7 Å². The van der Waals surface area contributed by atoms with Crippen LogP contribution in [0, 0.1) is 22.7 Å². The van der Waals surface area contributed by atoms with Crippen molar-refractivity contribution in [1.29, 1.82) is 10.5 Å². The molecule has 0 radical (unpaired) electrons. The summed E-state index contributed by atoms with van der Waals surface area (Å²) in [5.41, 5.74) is 2.63. The second-order valence-electron chi connectivity index (χ2n) is 6.52. The zero-order chi connectivity index (χ0) is 20.1. The van der Waals surface area contributed by atoms with Crippen molar-refractivity contribution in [2.45, 2.75) is 0 Å². The molecule has 7 heteroatoms. The van der Waals surface area contributed by atoms with Crippen molar-refractivity contribution >= 4 is 60.1 Å². The Hall–Kier alpha value is -3.45. The van der Waals surface area contributed by atoms with Crippen molar-refractivity contribution in [3.63, 3.8) is 0 Å². The fraction of sp³-hybridized carbons (Fsp3) is 0. The highest BCUT2D eigenvalue weighted by Gasteiger charge is 2.19. The first-order valence-corrected chi connectivity index (χ1v) is 9.76. The number of nitrogens with one attached hydrogen (secondary N) is 1. The Bertz CT molecular complexity index is 1440. The third-order valence-electron chi connectivity index (χ3n) is 4.91. The molecule has 0 saturated carbocycles. The van der Waals surface area contributed by atoms with Gasteiger partial charge in [-0.15, -0.1) is 0 Å². The minimum Gasteiger partial charge on any atom is -0.337 e. The zero-order valence-electron chi connectivity index (χ0n) is 14.7. The molecule has 2 heterocycles. The van der Waals surface area contributed by atoms with E-state index in [1.165, 1.54) is 12.4 Å². The minimum atomic E-state index is 0.294. The lowest BCUT2D eigenvalue weighted by Crippen LogP contribution is -1.93. The fourth-order valence-electron chi connectivity index (χ4n) is 3.67. The SMILES string of the molecule is N#Cc1cncc(C#N)c1-c1nc2c3ccc(Br)cc3c3cc(Cl)ccc3c2[nH]1. The number of H-pyrrole nitrogens is 1. The molecule has 0 fully saturated rings. The standard InChI is InChI=1S/C22H9BrClN5/c23-13-1-3-15-17(5-13)18-6-14(24)2-4-16(18)21-20(15)28-22(29-21)19-11(7-25)9-27-10-12(19)8-26/h1-6,9-10H,(H,28,29). The van der Waals surface area contributed by atoms with Gasteiger partial charge in [0.2, 0.25) is 0 Å². The number of aromatic nitrogens is 3. The Balaban J connectivity index is 1.98. The number of halogens is 2. The van der Waals surface area contributed by atoms with Gasteiger partial charge in [-0.05, 0) is 35.0 Å². The average molecular weight is 459 g/mol. The van der Waals surface area contributed by atoms with Gasteiger partial charge in [-0.3, -0.25) is 4.98 Å². The number of nitriles is 2. The number of fused-ring (bicyclic) bond motifs is 6. The molecular weight excluding hydrogens is 450 g/mol. The molecule has 0 spiro atoms. The Morgan fingerprint density at radius 3 is 2.31 bits per heavy atom. The summed E-state index contributed by atoms with van der Waals surface area (Å²) in [5.74, 6) is 0.460. The highest BCUT2D eigenvalue weighted by atomic mass is 79.9. The smallest absolute Gasteiger partial charge is 0.141 e. The van der Waals surface area contributed by atoms with Crippen molar-refractivity contribution in [2.75, 3.05) is 0 Å². The second-order valence-corrected chi connectivity index (χ2v) is 7.87. The highest BCUT2D eigenvalue weighted by Crippen LogP contribution is 2.38. The van der Waals surface area contributed by atoms with Gasteiger partial charge in [0.1, 0.15) is 18.0 Å². The summed E-state index contributed by atoms with van der Waals surface area (Å²) in [5, 5.41) is 23.6. The predicted octanol–water partition coefficient (Wildman–Crippen LogP) is 6.09. The van der Waals surface area contributed by atoms with Crippen LogP contribution < -0.4 is 0 Å². The van der Waals surface area contributed by atoms with E-state index in [9.17, 15) is 10.5 Å². The van der Waals surface area contributed by atoms with Gasteiger partial charge < -0.3 is 4.98 Å². The van der Waals surface area contributed by atoms with E-state index in [2.05, 4.69) is 38.0 Å². The largest absolute Gasteiger partial charge is 0.337 e. The van der Waals surface area contributed by atoms with E-state index >= 15 is 0 Å². The van der Waals surface area contributed by atoms with Crippen LogP contribution in [0.5, 0.6) is 0 Å². The topological polar surface area (TPSA) is 89.2 Å². The molecule has 3 aromatic carbocycles. The van der Waals surface area contributed by atoms with Gasteiger partial charge in [0.15, 0.2) is 0 Å². The molecule has 5 aromatic rings. The lowest BCUT2D eigenvalue weighted by molar-refractivity contribution is 1.24. The Morgan fingerprint density at radius 1 is 0.897 bits per heavy atom. The summed E-state index contributed by atoms with van der Waals surface area (Å²) in [4.78, 5) is 12.1. The van der Waals surface area contributed by atoms with E-state index in [0.717, 1.165) is 37.1 Å². The summed E-state index contributed by atoms with van der Waals surface area (Å²) < 4.78 is 0.953. The van der Waals surface area contributed by atoms with Crippen LogP contribution >= 0.6 is 27.5 Å². The molecule has 2 aromatic heterocycles. The molecule has 1 N–H and O–H groups in total. The number of pyridine rings is 1. The quantitative estimate of drug-likeness (QED) is 0.308. The number of imidazole rings is 1. The number of rotatable bonds is 1. The van der Waals surface area contributed by atoms with Gasteiger partial charge >= 0.3 is 0 Å². The van der Waals surface area contributed by atoms with E-state index < -0.39 is 0 Å². The van der Waals surface area contributed by atoms with Crippen LogP contribution in [0.2, 0.25) is 5.02 Å². The first kappa shape index (κ1) is 17.6. The molecular formula is C22H9BrClN5. The molecule has 0 aliphatic rings. The maximum absolute atomic E-state index is 9.52. The summed E-state index contributed by atoms with van der Waals surface area (Å²) in [6, 6.07) is 15.9. The molecule has 0 amide bonds. The second kappa shape index (κ2) is 6.56. The molecule has 5 rings (SSSR count). The molecule has 0 aliphatic heterocycles. The summed E-state index contributed by atoms with van der Waals surface area (Å²) in [6.07, 6.45) is 2.88. The van der Waals surface area contributed by atoms with E-state index in [4.69, 9.17) is 16.6 Å². The van der Waals surface area contributed by atoms with Gasteiger partial charge in [0.05, 0.1) is 27.7 Å². The first-order valence-electron chi connectivity index (χ1n) is 8.59.